The maximum atomic E-state index is 2.40. The van der Waals surface area contributed by atoms with E-state index in [2.05, 4.69) is 218 Å². The van der Waals surface area contributed by atoms with Crippen LogP contribution in [0.15, 0.2) is 218 Å². The summed E-state index contributed by atoms with van der Waals surface area (Å²) in [5.41, 5.74) is 7.57. The number of rotatable bonds is 9. The summed E-state index contributed by atoms with van der Waals surface area (Å²) >= 11 is 0. The summed E-state index contributed by atoms with van der Waals surface area (Å²) in [6.45, 7) is 0. The molecule has 0 radical (unpaired) electrons. The Hall–Kier alpha value is -5.38. The van der Waals surface area contributed by atoms with Crippen LogP contribution in [0.25, 0.3) is 33.4 Å². The van der Waals surface area contributed by atoms with Gasteiger partial charge in [-0.1, -0.05) is 218 Å². The molecule has 8 aromatic rings. The lowest BCUT2D eigenvalue weighted by molar-refractivity contribution is 1.59. The van der Waals surface area contributed by atoms with Gasteiger partial charge < -0.3 is 0 Å². The third kappa shape index (κ3) is 6.49. The number of hydrogen-bond donors (Lipinski definition) is 0. The third-order valence-electron chi connectivity index (χ3n) is 9.04. The van der Waals surface area contributed by atoms with E-state index in [1.165, 1.54) is 65.2 Å². The normalized spacial score (nSPS) is 11.2. The van der Waals surface area contributed by atoms with Gasteiger partial charge in [0, 0.05) is 0 Å². The molecular formula is C48H36P2. The van der Waals surface area contributed by atoms with Gasteiger partial charge in [0.15, 0.2) is 0 Å². The lowest BCUT2D eigenvalue weighted by atomic mass is 9.89. The predicted molar refractivity (Wildman–Crippen MR) is 220 cm³/mol. The summed E-state index contributed by atoms with van der Waals surface area (Å²) in [5, 5.41) is 8.08. The van der Waals surface area contributed by atoms with Gasteiger partial charge in [-0.2, -0.15) is 0 Å². The lowest BCUT2D eigenvalue weighted by Gasteiger charge is -2.29. The first-order valence-electron chi connectivity index (χ1n) is 17.0. The first kappa shape index (κ1) is 31.9. The van der Waals surface area contributed by atoms with Crippen LogP contribution in [-0.2, 0) is 0 Å². The molecule has 0 aliphatic heterocycles. The fourth-order valence-corrected chi connectivity index (χ4v) is 11.8. The Morgan fingerprint density at radius 2 is 0.480 bits per heavy atom. The van der Waals surface area contributed by atoms with Crippen molar-refractivity contribution in [3.8, 4) is 33.4 Å². The summed E-state index contributed by atoms with van der Waals surface area (Å²) in [6.07, 6.45) is 0. The van der Waals surface area contributed by atoms with Crippen LogP contribution in [0.2, 0.25) is 0 Å². The van der Waals surface area contributed by atoms with Crippen molar-refractivity contribution in [1.29, 1.82) is 0 Å². The van der Waals surface area contributed by atoms with E-state index in [9.17, 15) is 0 Å². The highest BCUT2D eigenvalue weighted by molar-refractivity contribution is 7.80. The van der Waals surface area contributed by atoms with Crippen LogP contribution in [0.5, 0.6) is 0 Å². The molecule has 0 aliphatic rings. The van der Waals surface area contributed by atoms with Gasteiger partial charge in [-0.05, 0) is 81.1 Å². The largest absolute Gasteiger partial charge is 0.0622 e. The van der Waals surface area contributed by atoms with E-state index in [1.54, 1.807) is 0 Å². The zero-order chi connectivity index (χ0) is 33.5. The molecule has 0 spiro atoms. The van der Waals surface area contributed by atoms with E-state index in [0.29, 0.717) is 0 Å². The van der Waals surface area contributed by atoms with Gasteiger partial charge in [-0.3, -0.25) is 0 Å². The van der Waals surface area contributed by atoms with Gasteiger partial charge in [0.05, 0.1) is 0 Å². The average Bonchev–Trinajstić information content (AvgIpc) is 3.20. The Morgan fingerprint density at radius 3 is 0.760 bits per heavy atom. The minimum absolute atomic E-state index is 0.911. The van der Waals surface area contributed by atoms with E-state index in [4.69, 9.17) is 0 Å². The minimum atomic E-state index is -0.911. The number of benzene rings is 8. The molecule has 0 amide bonds. The summed E-state index contributed by atoms with van der Waals surface area (Å²) in [5.74, 6) is 0. The fraction of sp³-hybridized carbons (Fsp3) is 0. The van der Waals surface area contributed by atoms with Crippen molar-refractivity contribution in [2.24, 2.45) is 0 Å². The first-order chi connectivity index (χ1) is 24.9. The zero-order valence-electron chi connectivity index (χ0n) is 27.7. The molecule has 0 atom stereocenters. The molecule has 238 valence electrons. The molecule has 0 fully saturated rings. The minimum Gasteiger partial charge on any atom is -0.0622 e. The van der Waals surface area contributed by atoms with Crippen molar-refractivity contribution in [2.45, 2.75) is 0 Å². The molecule has 0 nitrogen and oxygen atoms in total. The van der Waals surface area contributed by atoms with Gasteiger partial charge >= 0.3 is 0 Å². The van der Waals surface area contributed by atoms with Crippen molar-refractivity contribution in [1.82, 2.24) is 0 Å². The highest BCUT2D eigenvalue weighted by Gasteiger charge is 2.29. The highest BCUT2D eigenvalue weighted by atomic mass is 31.1. The maximum Gasteiger partial charge on any atom is -0.000884 e. The van der Waals surface area contributed by atoms with Gasteiger partial charge in [0.1, 0.15) is 0 Å². The quantitative estimate of drug-likeness (QED) is 0.134. The zero-order valence-corrected chi connectivity index (χ0v) is 29.5. The van der Waals surface area contributed by atoms with E-state index in [0.717, 1.165) is 0 Å². The van der Waals surface area contributed by atoms with Crippen LogP contribution in [0.3, 0.4) is 0 Å². The fourth-order valence-electron chi connectivity index (χ4n) is 6.86. The summed E-state index contributed by atoms with van der Waals surface area (Å²) in [4.78, 5) is 0. The van der Waals surface area contributed by atoms with E-state index in [-0.39, 0.29) is 0 Å². The second kappa shape index (κ2) is 15.0. The van der Waals surface area contributed by atoms with Crippen molar-refractivity contribution in [2.75, 3.05) is 0 Å². The van der Waals surface area contributed by atoms with E-state index in [1.807, 2.05) is 0 Å². The average molecular weight is 675 g/mol. The standard InChI is InChI=1S/C48H36P2/c1-7-21-37(22-8-1)43-33-19-35-45(49(39-25-11-3-12-26-39)40-27-13-4-14-28-40)47(43)48-44(38-23-9-2-10-24-38)34-20-36-46(48)50(41-29-15-5-16-30-41)42-31-17-6-18-32-42/h1-36H. The second-order valence-electron chi connectivity index (χ2n) is 12.1. The molecule has 50 heavy (non-hydrogen) atoms. The second-order valence-corrected chi connectivity index (χ2v) is 16.5. The first-order valence-corrected chi connectivity index (χ1v) is 19.7. The third-order valence-corrected chi connectivity index (χ3v) is 14.0. The summed E-state index contributed by atoms with van der Waals surface area (Å²) < 4.78 is 0. The Labute approximate surface area is 298 Å². The molecule has 0 bridgehead atoms. The summed E-state index contributed by atoms with van der Waals surface area (Å²) in [7, 11) is -1.82. The van der Waals surface area contributed by atoms with Crippen molar-refractivity contribution < 1.29 is 0 Å². The molecule has 0 N–H and O–H groups in total. The lowest BCUT2D eigenvalue weighted by Crippen LogP contribution is -2.26. The van der Waals surface area contributed by atoms with Crippen LogP contribution in [0.4, 0.5) is 0 Å². The molecular weight excluding hydrogens is 638 g/mol. The van der Waals surface area contributed by atoms with Crippen LogP contribution in [-0.4, -0.2) is 0 Å². The summed E-state index contributed by atoms with van der Waals surface area (Å²) in [6, 6.07) is 80.3. The maximum absolute atomic E-state index is 2.40. The van der Waals surface area contributed by atoms with E-state index < -0.39 is 15.8 Å². The SMILES string of the molecule is c1ccc(-c2cccc(P(c3ccccc3)c3ccccc3)c2-c2c(-c3ccccc3)cccc2P(c2ccccc2)c2ccccc2)cc1. The molecule has 0 aliphatic carbocycles. The van der Waals surface area contributed by atoms with Crippen LogP contribution >= 0.6 is 15.8 Å². The Morgan fingerprint density at radius 1 is 0.220 bits per heavy atom. The molecule has 2 heteroatoms. The highest BCUT2D eigenvalue weighted by Crippen LogP contribution is 2.47. The molecule has 0 saturated heterocycles. The topological polar surface area (TPSA) is 0 Å². The number of hydrogen-bond acceptors (Lipinski definition) is 0. The molecule has 0 saturated carbocycles. The Kier molecular flexibility index (Phi) is 9.57. The van der Waals surface area contributed by atoms with Crippen LogP contribution < -0.4 is 31.8 Å². The predicted octanol–water partition coefficient (Wildman–Crippen LogP) is 10.2. The Balaban J connectivity index is 1.53. The van der Waals surface area contributed by atoms with E-state index >= 15 is 0 Å². The van der Waals surface area contributed by atoms with Crippen molar-refractivity contribution >= 4 is 47.7 Å². The molecule has 0 heterocycles. The Bertz CT molecular complexity index is 2040. The van der Waals surface area contributed by atoms with Gasteiger partial charge in [0.2, 0.25) is 0 Å². The molecule has 0 aromatic heterocycles. The van der Waals surface area contributed by atoms with Crippen LogP contribution in [0, 0.1) is 0 Å². The van der Waals surface area contributed by atoms with Gasteiger partial charge in [-0.15, -0.1) is 0 Å². The smallest absolute Gasteiger partial charge is 0.000884 e. The van der Waals surface area contributed by atoms with Crippen molar-refractivity contribution in [3.05, 3.63) is 218 Å². The van der Waals surface area contributed by atoms with Gasteiger partial charge in [-0.25, -0.2) is 0 Å². The van der Waals surface area contributed by atoms with Gasteiger partial charge in [0.25, 0.3) is 0 Å². The van der Waals surface area contributed by atoms with Crippen molar-refractivity contribution in [3.63, 3.8) is 0 Å². The molecule has 0 unspecified atom stereocenters. The molecule has 8 rings (SSSR count). The van der Waals surface area contributed by atoms with Crippen LogP contribution in [0.1, 0.15) is 0 Å². The monoisotopic (exact) mass is 674 g/mol. The molecule has 8 aromatic carbocycles.